The predicted octanol–water partition coefficient (Wildman–Crippen LogP) is -0.0288. The molecule has 1 heterocycles. The molecule has 5 heteroatoms. The Balaban J connectivity index is 1.56. The van der Waals surface area contributed by atoms with Crippen molar-refractivity contribution in [3.8, 4) is 0 Å². The molecule has 18 heavy (non-hydrogen) atoms. The monoisotopic (exact) mass is 256 g/mol. The summed E-state index contributed by atoms with van der Waals surface area (Å²) in [7, 11) is 0. The van der Waals surface area contributed by atoms with E-state index in [0.717, 1.165) is 51.6 Å². The zero-order valence-electron chi connectivity index (χ0n) is 10.9. The van der Waals surface area contributed by atoms with Crippen molar-refractivity contribution in [2.45, 2.75) is 31.8 Å². The standard InChI is InChI=1S/C13H24N2O3/c14-13(17)12(16)11-3-5-15(6-4-11)7-8-18-9-10-1-2-10/h10-12,16H,1-9H2,(H2,14,17)/t12-/m1/s1. The van der Waals surface area contributed by atoms with Gasteiger partial charge < -0.3 is 20.5 Å². The third-order valence-electron chi connectivity index (χ3n) is 3.97. The van der Waals surface area contributed by atoms with Crippen molar-refractivity contribution in [2.24, 2.45) is 17.6 Å². The molecule has 1 aliphatic heterocycles. The maximum atomic E-state index is 10.9. The molecule has 2 aliphatic rings. The Hall–Kier alpha value is -0.650. The van der Waals surface area contributed by atoms with Gasteiger partial charge in [0.15, 0.2) is 0 Å². The number of primary amides is 1. The number of ether oxygens (including phenoxy) is 1. The number of hydrogen-bond donors (Lipinski definition) is 2. The Morgan fingerprint density at radius 2 is 2.00 bits per heavy atom. The zero-order valence-corrected chi connectivity index (χ0v) is 10.9. The minimum Gasteiger partial charge on any atom is -0.383 e. The van der Waals surface area contributed by atoms with Gasteiger partial charge in [-0.25, -0.2) is 0 Å². The molecule has 5 nitrogen and oxygen atoms in total. The van der Waals surface area contributed by atoms with Gasteiger partial charge in [-0.05, 0) is 50.6 Å². The molecule has 1 aliphatic carbocycles. The average Bonchev–Trinajstić information content (AvgIpc) is 3.18. The van der Waals surface area contributed by atoms with Crippen LogP contribution in [0.1, 0.15) is 25.7 Å². The van der Waals surface area contributed by atoms with Crippen LogP contribution in [-0.4, -0.2) is 54.9 Å². The molecule has 1 atom stereocenters. The van der Waals surface area contributed by atoms with Crippen LogP contribution in [0, 0.1) is 11.8 Å². The van der Waals surface area contributed by atoms with Crippen LogP contribution < -0.4 is 5.73 Å². The highest BCUT2D eigenvalue weighted by molar-refractivity contribution is 5.78. The van der Waals surface area contributed by atoms with Crippen LogP contribution in [0.2, 0.25) is 0 Å². The van der Waals surface area contributed by atoms with E-state index >= 15 is 0 Å². The summed E-state index contributed by atoms with van der Waals surface area (Å²) in [6.07, 6.45) is 3.37. The maximum Gasteiger partial charge on any atom is 0.246 e. The van der Waals surface area contributed by atoms with Gasteiger partial charge in [0.25, 0.3) is 0 Å². The van der Waals surface area contributed by atoms with Crippen molar-refractivity contribution in [3.05, 3.63) is 0 Å². The van der Waals surface area contributed by atoms with E-state index in [1.54, 1.807) is 0 Å². The second-order valence-corrected chi connectivity index (χ2v) is 5.54. The number of nitrogens with zero attached hydrogens (tertiary/aromatic N) is 1. The molecule has 2 fully saturated rings. The molecule has 1 amide bonds. The summed E-state index contributed by atoms with van der Waals surface area (Å²) in [5.74, 6) is 0.258. The first-order chi connectivity index (χ1) is 8.66. The highest BCUT2D eigenvalue weighted by Crippen LogP contribution is 2.28. The lowest BCUT2D eigenvalue weighted by molar-refractivity contribution is -0.129. The molecule has 0 spiro atoms. The Labute approximate surface area is 108 Å². The summed E-state index contributed by atoms with van der Waals surface area (Å²) in [6.45, 7) is 4.49. The van der Waals surface area contributed by atoms with Gasteiger partial charge in [-0.15, -0.1) is 0 Å². The van der Waals surface area contributed by atoms with Gasteiger partial charge in [0.05, 0.1) is 6.61 Å². The van der Waals surface area contributed by atoms with Crippen LogP contribution in [0.25, 0.3) is 0 Å². The number of piperidine rings is 1. The summed E-state index contributed by atoms with van der Waals surface area (Å²) < 4.78 is 5.61. The van der Waals surface area contributed by atoms with Crippen molar-refractivity contribution >= 4 is 5.91 Å². The maximum absolute atomic E-state index is 10.9. The highest BCUT2D eigenvalue weighted by atomic mass is 16.5. The molecule has 104 valence electrons. The predicted molar refractivity (Wildman–Crippen MR) is 67.9 cm³/mol. The van der Waals surface area contributed by atoms with Gasteiger partial charge in [-0.2, -0.15) is 0 Å². The van der Waals surface area contributed by atoms with Crippen LogP contribution in [0.5, 0.6) is 0 Å². The molecule has 0 bridgehead atoms. The van der Waals surface area contributed by atoms with Crippen molar-refractivity contribution in [1.82, 2.24) is 4.90 Å². The van der Waals surface area contributed by atoms with E-state index in [1.165, 1.54) is 12.8 Å². The molecule has 0 aromatic heterocycles. The fourth-order valence-electron chi connectivity index (χ4n) is 2.45. The van der Waals surface area contributed by atoms with E-state index < -0.39 is 12.0 Å². The number of aliphatic hydroxyl groups is 1. The van der Waals surface area contributed by atoms with Gasteiger partial charge >= 0.3 is 0 Å². The second-order valence-electron chi connectivity index (χ2n) is 5.54. The number of nitrogens with two attached hydrogens (primary N) is 1. The lowest BCUT2D eigenvalue weighted by Gasteiger charge is -2.33. The number of aliphatic hydroxyl groups excluding tert-OH is 1. The highest BCUT2D eigenvalue weighted by Gasteiger charge is 2.28. The first-order valence-corrected chi connectivity index (χ1v) is 6.94. The van der Waals surface area contributed by atoms with E-state index in [-0.39, 0.29) is 5.92 Å². The van der Waals surface area contributed by atoms with E-state index in [4.69, 9.17) is 10.5 Å². The third kappa shape index (κ3) is 4.23. The second kappa shape index (κ2) is 6.50. The molecule has 0 aromatic carbocycles. The van der Waals surface area contributed by atoms with Gasteiger partial charge in [-0.3, -0.25) is 4.79 Å². The molecule has 0 radical (unpaired) electrons. The smallest absolute Gasteiger partial charge is 0.246 e. The number of rotatable bonds is 7. The van der Waals surface area contributed by atoms with Crippen LogP contribution in [0.3, 0.4) is 0 Å². The van der Waals surface area contributed by atoms with Crippen LogP contribution in [0.15, 0.2) is 0 Å². The summed E-state index contributed by atoms with van der Waals surface area (Å²) >= 11 is 0. The summed E-state index contributed by atoms with van der Waals surface area (Å²) in [6, 6.07) is 0. The molecule has 0 unspecified atom stereocenters. The molecule has 1 saturated heterocycles. The van der Waals surface area contributed by atoms with E-state index in [2.05, 4.69) is 4.90 Å². The van der Waals surface area contributed by atoms with Gasteiger partial charge in [0.2, 0.25) is 5.91 Å². The van der Waals surface area contributed by atoms with Crippen LogP contribution >= 0.6 is 0 Å². The summed E-state index contributed by atoms with van der Waals surface area (Å²) in [5, 5.41) is 9.60. The number of carbonyl (C=O) groups excluding carboxylic acids is 1. The Morgan fingerprint density at radius 1 is 1.33 bits per heavy atom. The first kappa shape index (κ1) is 13.8. The average molecular weight is 256 g/mol. The topological polar surface area (TPSA) is 75.8 Å². The molecular weight excluding hydrogens is 232 g/mol. The number of amides is 1. The van der Waals surface area contributed by atoms with Gasteiger partial charge in [0, 0.05) is 13.2 Å². The lowest BCUT2D eigenvalue weighted by atomic mass is 9.91. The number of hydrogen-bond acceptors (Lipinski definition) is 4. The first-order valence-electron chi connectivity index (χ1n) is 6.94. The van der Waals surface area contributed by atoms with Crippen molar-refractivity contribution in [2.75, 3.05) is 32.8 Å². The molecule has 2 rings (SSSR count). The minimum absolute atomic E-state index is 0.0335. The van der Waals surface area contributed by atoms with Crippen molar-refractivity contribution < 1.29 is 14.6 Å². The van der Waals surface area contributed by atoms with Gasteiger partial charge in [0.1, 0.15) is 6.10 Å². The minimum atomic E-state index is -0.974. The van der Waals surface area contributed by atoms with E-state index in [0.29, 0.717) is 0 Å². The van der Waals surface area contributed by atoms with Crippen molar-refractivity contribution in [3.63, 3.8) is 0 Å². The molecule has 1 saturated carbocycles. The van der Waals surface area contributed by atoms with E-state index in [1.807, 2.05) is 0 Å². The number of carbonyl (C=O) groups is 1. The number of likely N-dealkylation sites (tertiary alicyclic amines) is 1. The Morgan fingerprint density at radius 3 is 2.56 bits per heavy atom. The summed E-state index contributed by atoms with van der Waals surface area (Å²) in [5.41, 5.74) is 5.11. The molecule has 0 aromatic rings. The fourth-order valence-corrected chi connectivity index (χ4v) is 2.45. The lowest BCUT2D eigenvalue weighted by Crippen LogP contribution is -2.43. The van der Waals surface area contributed by atoms with Crippen LogP contribution in [-0.2, 0) is 9.53 Å². The van der Waals surface area contributed by atoms with E-state index in [9.17, 15) is 9.90 Å². The fraction of sp³-hybridized carbons (Fsp3) is 0.923. The van der Waals surface area contributed by atoms with Crippen molar-refractivity contribution in [1.29, 1.82) is 0 Å². The third-order valence-corrected chi connectivity index (χ3v) is 3.97. The zero-order chi connectivity index (χ0) is 13.0. The Kier molecular flexibility index (Phi) is 4.97. The molecular formula is C13H24N2O3. The Bertz CT molecular complexity index is 273. The normalized spacial score (nSPS) is 24.1. The summed E-state index contributed by atoms with van der Waals surface area (Å²) in [4.78, 5) is 13.2. The quantitative estimate of drug-likeness (QED) is 0.627. The van der Waals surface area contributed by atoms with Gasteiger partial charge in [-0.1, -0.05) is 0 Å². The SMILES string of the molecule is NC(=O)[C@H](O)C1CCN(CCOCC2CC2)CC1. The largest absolute Gasteiger partial charge is 0.383 e. The molecule has 3 N–H and O–H groups in total. The van der Waals surface area contributed by atoms with Crippen LogP contribution in [0.4, 0.5) is 0 Å².